The normalized spacial score (nSPS) is 10.4. The Hall–Kier alpha value is -0.780. The van der Waals surface area contributed by atoms with Gasteiger partial charge >= 0.3 is 0 Å². The lowest BCUT2D eigenvalue weighted by atomic mass is 10.3. The third-order valence-electron chi connectivity index (χ3n) is 1.80. The number of thioether (sulfide) groups is 1. The Morgan fingerprint density at radius 1 is 1.31 bits per heavy atom. The number of hydrogen-bond acceptors (Lipinski definition) is 5. The molecule has 0 aliphatic rings. The quantitative estimate of drug-likeness (QED) is 0.798. The zero-order chi connectivity index (χ0) is 11.4. The largest absolute Gasteiger partial charge is 0.486 e. The molecule has 0 aliphatic heterocycles. The third kappa shape index (κ3) is 3.10. The molecule has 0 saturated heterocycles. The summed E-state index contributed by atoms with van der Waals surface area (Å²) in [6, 6.07) is 7.26. The van der Waals surface area contributed by atoms with Crippen molar-refractivity contribution in [2.45, 2.75) is 10.9 Å². The van der Waals surface area contributed by atoms with Crippen molar-refractivity contribution in [3.63, 3.8) is 0 Å². The molecular weight excluding hydrogens is 264 g/mol. The molecule has 0 radical (unpaired) electrons. The molecule has 0 unspecified atom stereocenters. The molecule has 2 rings (SSSR count). The Balaban J connectivity index is 1.94. The van der Waals surface area contributed by atoms with Crippen molar-refractivity contribution in [1.29, 1.82) is 0 Å². The lowest BCUT2D eigenvalue weighted by molar-refractivity contribution is 0.304. The topological polar surface area (TPSA) is 35.0 Å². The van der Waals surface area contributed by atoms with E-state index in [9.17, 15) is 0 Å². The standard InChI is InChI=1S/C10H9ClN2OS2/c1-15-10-13-12-9(16-10)6-14-8-4-2-7(11)3-5-8/h2-5H,6H2,1H3. The second-order valence-corrected chi connectivity index (χ2v) is 5.46. The molecule has 0 spiro atoms. The molecule has 1 aromatic heterocycles. The van der Waals surface area contributed by atoms with E-state index >= 15 is 0 Å². The van der Waals surface area contributed by atoms with Gasteiger partial charge in [-0.15, -0.1) is 10.2 Å². The summed E-state index contributed by atoms with van der Waals surface area (Å²) in [5.74, 6) is 0.783. The molecule has 6 heteroatoms. The number of aromatic nitrogens is 2. The van der Waals surface area contributed by atoms with Crippen LogP contribution in [0.1, 0.15) is 5.01 Å². The summed E-state index contributed by atoms with van der Waals surface area (Å²) in [6.45, 7) is 0.444. The highest BCUT2D eigenvalue weighted by atomic mass is 35.5. The molecule has 3 nitrogen and oxygen atoms in total. The Labute approximate surface area is 107 Å². The van der Waals surface area contributed by atoms with Gasteiger partial charge in [0.15, 0.2) is 9.35 Å². The van der Waals surface area contributed by atoms with Crippen LogP contribution in [0.25, 0.3) is 0 Å². The number of nitrogens with zero attached hydrogens (tertiary/aromatic N) is 2. The maximum atomic E-state index is 5.77. The van der Waals surface area contributed by atoms with Gasteiger partial charge in [-0.3, -0.25) is 0 Å². The van der Waals surface area contributed by atoms with Gasteiger partial charge < -0.3 is 4.74 Å². The van der Waals surface area contributed by atoms with Gasteiger partial charge in [0.1, 0.15) is 12.4 Å². The van der Waals surface area contributed by atoms with Gasteiger partial charge in [-0.2, -0.15) is 0 Å². The zero-order valence-electron chi connectivity index (χ0n) is 8.51. The van der Waals surface area contributed by atoms with E-state index in [0.717, 1.165) is 15.1 Å². The van der Waals surface area contributed by atoms with Gasteiger partial charge in [0.2, 0.25) is 0 Å². The maximum Gasteiger partial charge on any atom is 0.174 e. The van der Waals surface area contributed by atoms with Crippen LogP contribution in [0.15, 0.2) is 28.6 Å². The van der Waals surface area contributed by atoms with Crippen molar-refractivity contribution in [1.82, 2.24) is 10.2 Å². The molecule has 0 amide bonds. The number of halogens is 1. The van der Waals surface area contributed by atoms with Crippen molar-refractivity contribution < 1.29 is 4.74 Å². The molecule has 84 valence electrons. The highest BCUT2D eigenvalue weighted by Gasteiger charge is 2.03. The monoisotopic (exact) mass is 272 g/mol. The van der Waals surface area contributed by atoms with Crippen LogP contribution in [-0.4, -0.2) is 16.5 Å². The summed E-state index contributed by atoms with van der Waals surface area (Å²) >= 11 is 8.90. The molecule has 0 aliphatic carbocycles. The first-order chi connectivity index (χ1) is 7.78. The maximum absolute atomic E-state index is 5.77. The van der Waals surface area contributed by atoms with Crippen LogP contribution in [0.4, 0.5) is 0 Å². The molecular formula is C10H9ClN2OS2. The molecule has 1 heterocycles. The van der Waals surface area contributed by atoms with Crippen molar-refractivity contribution >= 4 is 34.7 Å². The summed E-state index contributed by atoms with van der Waals surface area (Å²) in [6.07, 6.45) is 1.98. The molecule has 0 saturated carbocycles. The predicted octanol–water partition coefficient (Wildman–Crippen LogP) is 3.49. The van der Waals surface area contributed by atoms with Crippen LogP contribution in [0.5, 0.6) is 5.75 Å². The zero-order valence-corrected chi connectivity index (χ0v) is 10.9. The molecule has 1 aromatic carbocycles. The van der Waals surface area contributed by atoms with Gasteiger partial charge in [-0.25, -0.2) is 0 Å². The number of rotatable bonds is 4. The van der Waals surface area contributed by atoms with Crippen molar-refractivity contribution in [3.8, 4) is 5.75 Å². The number of benzene rings is 1. The van der Waals surface area contributed by atoms with Gasteiger partial charge in [0.05, 0.1) is 0 Å². The van der Waals surface area contributed by atoms with E-state index in [1.165, 1.54) is 0 Å². The fourth-order valence-electron chi connectivity index (χ4n) is 1.05. The average Bonchev–Trinajstić information content (AvgIpc) is 2.76. The minimum Gasteiger partial charge on any atom is -0.486 e. The third-order valence-corrected chi connectivity index (χ3v) is 3.92. The minimum atomic E-state index is 0.444. The number of ether oxygens (including phenoxy) is 1. The average molecular weight is 273 g/mol. The Bertz CT molecular complexity index is 458. The molecule has 0 atom stereocenters. The van der Waals surface area contributed by atoms with E-state index in [0.29, 0.717) is 11.6 Å². The van der Waals surface area contributed by atoms with Crippen LogP contribution in [0, 0.1) is 0 Å². The number of hydrogen-bond donors (Lipinski definition) is 0. The Kier molecular flexibility index (Phi) is 4.04. The predicted molar refractivity (Wildman–Crippen MR) is 67.5 cm³/mol. The molecule has 2 aromatic rings. The summed E-state index contributed by atoms with van der Waals surface area (Å²) in [5, 5.41) is 9.58. The second-order valence-electron chi connectivity index (χ2n) is 2.91. The van der Waals surface area contributed by atoms with Crippen LogP contribution < -0.4 is 4.74 Å². The first-order valence-corrected chi connectivity index (χ1v) is 6.94. The summed E-state index contributed by atoms with van der Waals surface area (Å²) in [5.41, 5.74) is 0. The van der Waals surface area contributed by atoms with E-state index in [1.807, 2.05) is 18.4 Å². The van der Waals surface area contributed by atoms with Crippen molar-refractivity contribution in [2.24, 2.45) is 0 Å². The van der Waals surface area contributed by atoms with Crippen LogP contribution in [-0.2, 0) is 6.61 Å². The van der Waals surface area contributed by atoms with Crippen LogP contribution in [0.2, 0.25) is 5.02 Å². The van der Waals surface area contributed by atoms with E-state index < -0.39 is 0 Å². The van der Waals surface area contributed by atoms with Gasteiger partial charge in [0, 0.05) is 5.02 Å². The summed E-state index contributed by atoms with van der Waals surface area (Å²) in [7, 11) is 0. The summed E-state index contributed by atoms with van der Waals surface area (Å²) < 4.78 is 6.50. The smallest absolute Gasteiger partial charge is 0.174 e. The van der Waals surface area contributed by atoms with E-state index in [1.54, 1.807) is 35.2 Å². The van der Waals surface area contributed by atoms with E-state index in [4.69, 9.17) is 16.3 Å². The van der Waals surface area contributed by atoms with Crippen LogP contribution >= 0.6 is 34.7 Å². The Morgan fingerprint density at radius 3 is 2.69 bits per heavy atom. The van der Waals surface area contributed by atoms with Gasteiger partial charge in [-0.1, -0.05) is 34.7 Å². The highest BCUT2D eigenvalue weighted by molar-refractivity contribution is 8.00. The van der Waals surface area contributed by atoms with Gasteiger partial charge in [0.25, 0.3) is 0 Å². The molecule has 16 heavy (non-hydrogen) atoms. The highest BCUT2D eigenvalue weighted by Crippen LogP contribution is 2.21. The van der Waals surface area contributed by atoms with E-state index in [-0.39, 0.29) is 0 Å². The fraction of sp³-hybridized carbons (Fsp3) is 0.200. The van der Waals surface area contributed by atoms with Crippen LogP contribution in [0.3, 0.4) is 0 Å². The molecule has 0 fully saturated rings. The van der Waals surface area contributed by atoms with E-state index in [2.05, 4.69) is 10.2 Å². The van der Waals surface area contributed by atoms with Crippen molar-refractivity contribution in [2.75, 3.05) is 6.26 Å². The van der Waals surface area contributed by atoms with Gasteiger partial charge in [-0.05, 0) is 30.5 Å². The minimum absolute atomic E-state index is 0.444. The first-order valence-electron chi connectivity index (χ1n) is 4.52. The van der Waals surface area contributed by atoms with Crippen molar-refractivity contribution in [3.05, 3.63) is 34.3 Å². The summed E-state index contributed by atoms with van der Waals surface area (Å²) in [4.78, 5) is 0. The lowest BCUT2D eigenvalue weighted by Crippen LogP contribution is -1.94. The molecule has 0 N–H and O–H groups in total. The SMILES string of the molecule is CSc1nnc(COc2ccc(Cl)cc2)s1. The Morgan fingerprint density at radius 2 is 2.06 bits per heavy atom. The fourth-order valence-corrected chi connectivity index (χ4v) is 2.41. The first kappa shape index (κ1) is 11.7. The molecule has 0 bridgehead atoms. The second kappa shape index (κ2) is 5.52. The lowest BCUT2D eigenvalue weighted by Gasteiger charge is -2.02.